The zero-order valence-electron chi connectivity index (χ0n) is 11.9. The molecule has 0 N–H and O–H groups in total. The van der Waals surface area contributed by atoms with Gasteiger partial charge < -0.3 is 4.74 Å². The molecular weight excluding hydrogens is 266 g/mol. The molecule has 0 aliphatic heterocycles. The van der Waals surface area contributed by atoms with Crippen LogP contribution in [0.25, 0.3) is 0 Å². The fourth-order valence-electron chi connectivity index (χ4n) is 2.12. The first-order chi connectivity index (χ1) is 9.81. The van der Waals surface area contributed by atoms with Crippen molar-refractivity contribution in [2.75, 3.05) is 20.2 Å². The van der Waals surface area contributed by atoms with Gasteiger partial charge in [0.25, 0.3) is 0 Å². The summed E-state index contributed by atoms with van der Waals surface area (Å²) < 4.78 is 5.18. The second-order valence-corrected chi connectivity index (χ2v) is 5.73. The van der Waals surface area contributed by atoms with Gasteiger partial charge in [-0.25, -0.2) is 0 Å². The summed E-state index contributed by atoms with van der Waals surface area (Å²) in [6.45, 7) is 6.82. The van der Waals surface area contributed by atoms with Gasteiger partial charge >= 0.3 is 0 Å². The average Bonchev–Trinajstić information content (AvgIpc) is 2.98. The largest absolute Gasteiger partial charge is 0.497 e. The van der Waals surface area contributed by atoms with Gasteiger partial charge in [0.1, 0.15) is 5.75 Å². The second kappa shape index (κ2) is 7.88. The van der Waals surface area contributed by atoms with Crippen LogP contribution in [0.3, 0.4) is 0 Å². The van der Waals surface area contributed by atoms with E-state index < -0.39 is 0 Å². The molecule has 0 saturated carbocycles. The van der Waals surface area contributed by atoms with Crippen molar-refractivity contribution < 1.29 is 4.74 Å². The molecule has 0 saturated heterocycles. The Balaban J connectivity index is 1.88. The van der Waals surface area contributed by atoms with Gasteiger partial charge in [-0.05, 0) is 35.6 Å². The molecule has 0 unspecified atom stereocenters. The number of ether oxygens (including phenoxy) is 1. The molecule has 0 radical (unpaired) electrons. The molecule has 0 atom stereocenters. The van der Waals surface area contributed by atoms with Gasteiger partial charge in [-0.3, -0.25) is 4.90 Å². The Kier molecular flexibility index (Phi) is 5.84. The lowest BCUT2D eigenvalue weighted by atomic mass is 10.1. The van der Waals surface area contributed by atoms with Crippen molar-refractivity contribution in [3.05, 3.63) is 64.9 Å². The Bertz CT molecular complexity index is 504. The van der Waals surface area contributed by atoms with Crippen LogP contribution in [0, 0.1) is 0 Å². The Labute approximate surface area is 125 Å². The van der Waals surface area contributed by atoms with Crippen molar-refractivity contribution in [3.8, 4) is 5.75 Å². The van der Waals surface area contributed by atoms with Crippen LogP contribution in [-0.4, -0.2) is 25.1 Å². The van der Waals surface area contributed by atoms with Crippen LogP contribution in [0.15, 0.2) is 54.4 Å². The lowest BCUT2D eigenvalue weighted by Gasteiger charge is -2.19. The minimum absolute atomic E-state index is 0.912. The fraction of sp³-hybridized carbons (Fsp3) is 0.294. The van der Waals surface area contributed by atoms with E-state index in [0.29, 0.717) is 0 Å². The number of benzene rings is 1. The highest BCUT2D eigenvalue weighted by Gasteiger charge is 2.05. The summed E-state index contributed by atoms with van der Waals surface area (Å²) in [5, 5.41) is 2.13. The third kappa shape index (κ3) is 4.51. The van der Waals surface area contributed by atoms with Crippen LogP contribution in [0.2, 0.25) is 0 Å². The molecule has 1 aromatic carbocycles. The summed E-state index contributed by atoms with van der Waals surface area (Å²) in [6.07, 6.45) is 3.02. The van der Waals surface area contributed by atoms with Crippen LogP contribution >= 0.6 is 11.3 Å². The van der Waals surface area contributed by atoms with Gasteiger partial charge in [0.15, 0.2) is 0 Å². The van der Waals surface area contributed by atoms with E-state index in [2.05, 4.69) is 41.1 Å². The Morgan fingerprint density at radius 2 is 2.05 bits per heavy atom. The van der Waals surface area contributed by atoms with E-state index in [-0.39, 0.29) is 0 Å². The van der Waals surface area contributed by atoms with Crippen molar-refractivity contribution in [2.24, 2.45) is 0 Å². The number of thiophene rings is 1. The monoisotopic (exact) mass is 287 g/mol. The highest BCUT2D eigenvalue weighted by molar-refractivity contribution is 7.09. The first kappa shape index (κ1) is 14.8. The van der Waals surface area contributed by atoms with Gasteiger partial charge in [0.05, 0.1) is 7.11 Å². The van der Waals surface area contributed by atoms with Gasteiger partial charge in [-0.1, -0.05) is 24.3 Å². The summed E-state index contributed by atoms with van der Waals surface area (Å²) in [7, 11) is 1.70. The first-order valence-corrected chi connectivity index (χ1v) is 7.68. The molecule has 2 nitrogen and oxygen atoms in total. The number of nitrogens with zero attached hydrogens (tertiary/aromatic N) is 1. The van der Waals surface area contributed by atoms with E-state index in [1.54, 1.807) is 7.11 Å². The average molecular weight is 287 g/mol. The van der Waals surface area contributed by atoms with Crippen LogP contribution in [0.4, 0.5) is 0 Å². The molecule has 0 amide bonds. The molecule has 0 fully saturated rings. The maximum Gasteiger partial charge on any atom is 0.118 e. The van der Waals surface area contributed by atoms with Crippen LogP contribution < -0.4 is 4.74 Å². The minimum atomic E-state index is 0.912. The van der Waals surface area contributed by atoms with Crippen molar-refractivity contribution >= 4 is 11.3 Å². The van der Waals surface area contributed by atoms with Gasteiger partial charge in [0.2, 0.25) is 0 Å². The summed E-state index contributed by atoms with van der Waals surface area (Å²) in [4.78, 5) is 3.82. The molecule has 20 heavy (non-hydrogen) atoms. The highest BCUT2D eigenvalue weighted by Crippen LogP contribution is 2.14. The molecule has 3 heteroatoms. The predicted molar refractivity (Wildman–Crippen MR) is 86.5 cm³/mol. The minimum Gasteiger partial charge on any atom is -0.497 e. The number of hydrogen-bond acceptors (Lipinski definition) is 3. The van der Waals surface area contributed by atoms with E-state index in [0.717, 1.165) is 31.8 Å². The SMILES string of the molecule is C=CCN(CCc1ccc(OC)cc1)Cc1cccs1. The molecule has 0 bridgehead atoms. The van der Waals surface area contributed by atoms with Crippen molar-refractivity contribution in [3.63, 3.8) is 0 Å². The lowest BCUT2D eigenvalue weighted by molar-refractivity contribution is 0.301. The van der Waals surface area contributed by atoms with E-state index in [9.17, 15) is 0 Å². The molecule has 0 spiro atoms. The summed E-state index contributed by atoms with van der Waals surface area (Å²) in [5.41, 5.74) is 1.34. The summed E-state index contributed by atoms with van der Waals surface area (Å²) >= 11 is 1.81. The zero-order chi connectivity index (χ0) is 14.2. The van der Waals surface area contributed by atoms with Gasteiger partial charge in [0, 0.05) is 24.5 Å². The third-order valence-electron chi connectivity index (χ3n) is 3.22. The summed E-state index contributed by atoms with van der Waals surface area (Å²) in [6, 6.07) is 12.6. The predicted octanol–water partition coefficient (Wildman–Crippen LogP) is 3.99. The highest BCUT2D eigenvalue weighted by atomic mass is 32.1. The van der Waals surface area contributed by atoms with E-state index >= 15 is 0 Å². The van der Waals surface area contributed by atoms with Crippen LogP contribution in [-0.2, 0) is 13.0 Å². The number of hydrogen-bond donors (Lipinski definition) is 0. The maximum absolute atomic E-state index is 5.18. The van der Waals surface area contributed by atoms with Crippen molar-refractivity contribution in [1.82, 2.24) is 4.90 Å². The number of methoxy groups -OCH3 is 1. The topological polar surface area (TPSA) is 12.5 Å². The van der Waals surface area contributed by atoms with E-state index in [1.807, 2.05) is 29.5 Å². The molecule has 1 aromatic heterocycles. The van der Waals surface area contributed by atoms with E-state index in [4.69, 9.17) is 4.74 Å². The first-order valence-electron chi connectivity index (χ1n) is 6.80. The Morgan fingerprint density at radius 3 is 2.65 bits per heavy atom. The zero-order valence-corrected chi connectivity index (χ0v) is 12.7. The van der Waals surface area contributed by atoms with Gasteiger partial charge in [-0.2, -0.15) is 0 Å². The molecule has 0 aliphatic carbocycles. The third-order valence-corrected chi connectivity index (χ3v) is 4.08. The van der Waals surface area contributed by atoms with Crippen molar-refractivity contribution in [2.45, 2.75) is 13.0 Å². The fourth-order valence-corrected chi connectivity index (χ4v) is 2.87. The lowest BCUT2D eigenvalue weighted by Crippen LogP contribution is -2.25. The van der Waals surface area contributed by atoms with Gasteiger partial charge in [-0.15, -0.1) is 17.9 Å². The maximum atomic E-state index is 5.18. The molecule has 0 aliphatic rings. The second-order valence-electron chi connectivity index (χ2n) is 4.70. The van der Waals surface area contributed by atoms with Crippen molar-refractivity contribution in [1.29, 1.82) is 0 Å². The quantitative estimate of drug-likeness (QED) is 0.681. The molecule has 2 aromatic rings. The molecule has 106 valence electrons. The number of rotatable bonds is 8. The van der Waals surface area contributed by atoms with Crippen LogP contribution in [0.5, 0.6) is 5.75 Å². The molecular formula is C17H21NOS. The Hall–Kier alpha value is -1.58. The molecule has 2 rings (SSSR count). The standard InChI is InChI=1S/C17H21NOS/c1-3-11-18(14-17-5-4-13-20-17)12-10-15-6-8-16(19-2)9-7-15/h3-9,13H,1,10-12,14H2,2H3. The van der Waals surface area contributed by atoms with Crippen LogP contribution in [0.1, 0.15) is 10.4 Å². The smallest absolute Gasteiger partial charge is 0.118 e. The summed E-state index contributed by atoms with van der Waals surface area (Å²) in [5.74, 6) is 0.912. The molecule has 1 heterocycles. The Morgan fingerprint density at radius 1 is 1.25 bits per heavy atom. The normalized spacial score (nSPS) is 10.7. The van der Waals surface area contributed by atoms with E-state index in [1.165, 1.54) is 10.4 Å².